The van der Waals surface area contributed by atoms with Crippen LogP contribution in [0.15, 0.2) is 0 Å². The molecule has 1 aliphatic heterocycles. The molecular weight excluding hydrogens is 234 g/mol. The molecule has 1 heterocycles. The van der Waals surface area contributed by atoms with Crippen molar-refractivity contribution < 1.29 is 4.74 Å². The Bertz CT molecular complexity index is 306. The van der Waals surface area contributed by atoms with Crippen molar-refractivity contribution in [3.8, 4) is 0 Å². The fourth-order valence-corrected chi connectivity index (χ4v) is 4.52. The zero-order valence-electron chi connectivity index (χ0n) is 12.8. The summed E-state index contributed by atoms with van der Waals surface area (Å²) in [5, 5.41) is 3.59. The maximum Gasteiger partial charge on any atom is 0.0687 e. The first-order valence-electron chi connectivity index (χ1n) is 8.54. The Balaban J connectivity index is 1.57. The summed E-state index contributed by atoms with van der Waals surface area (Å²) < 4.78 is 6.54. The quantitative estimate of drug-likeness (QED) is 0.786. The topological polar surface area (TPSA) is 21.3 Å². The predicted molar refractivity (Wildman–Crippen MR) is 79.3 cm³/mol. The molecule has 2 unspecified atom stereocenters. The molecule has 2 atom stereocenters. The van der Waals surface area contributed by atoms with E-state index in [9.17, 15) is 0 Å². The normalized spacial score (nSPS) is 32.8. The van der Waals surface area contributed by atoms with Gasteiger partial charge in [-0.2, -0.15) is 0 Å². The Morgan fingerprint density at radius 3 is 2.53 bits per heavy atom. The van der Waals surface area contributed by atoms with Crippen molar-refractivity contribution >= 4 is 0 Å². The number of rotatable bonds is 6. The van der Waals surface area contributed by atoms with Crippen LogP contribution in [0.5, 0.6) is 0 Å². The summed E-state index contributed by atoms with van der Waals surface area (Å²) in [5.41, 5.74) is 0.790. The number of hydrogen-bond donors (Lipinski definition) is 1. The highest BCUT2D eigenvalue weighted by atomic mass is 16.5. The van der Waals surface area contributed by atoms with Crippen molar-refractivity contribution in [1.29, 1.82) is 0 Å². The zero-order valence-corrected chi connectivity index (χ0v) is 12.8. The highest BCUT2D eigenvalue weighted by Gasteiger charge is 2.47. The minimum absolute atomic E-state index is 0.313. The summed E-state index contributed by atoms with van der Waals surface area (Å²) in [6.45, 7) is 6.99. The molecule has 3 aliphatic rings. The van der Waals surface area contributed by atoms with Gasteiger partial charge in [-0.05, 0) is 62.8 Å². The van der Waals surface area contributed by atoms with Gasteiger partial charge in [-0.15, -0.1) is 0 Å². The van der Waals surface area contributed by atoms with Crippen LogP contribution in [0, 0.1) is 11.3 Å². The van der Waals surface area contributed by atoms with Gasteiger partial charge >= 0.3 is 0 Å². The highest BCUT2D eigenvalue weighted by molar-refractivity contribution is 4.98. The summed E-state index contributed by atoms with van der Waals surface area (Å²) in [6.07, 6.45) is 12.8. The van der Waals surface area contributed by atoms with E-state index >= 15 is 0 Å². The lowest BCUT2D eigenvalue weighted by atomic mass is 9.79. The number of hydrogen-bond acceptors (Lipinski definition) is 2. The van der Waals surface area contributed by atoms with Crippen LogP contribution >= 0.6 is 0 Å². The lowest BCUT2D eigenvalue weighted by Gasteiger charge is -2.34. The molecule has 1 saturated heterocycles. The lowest BCUT2D eigenvalue weighted by molar-refractivity contribution is -0.0540. The number of nitrogens with one attached hydrogen (secondary N) is 1. The molecule has 1 N–H and O–H groups in total. The average molecular weight is 265 g/mol. The first-order chi connectivity index (χ1) is 9.16. The second kappa shape index (κ2) is 5.37. The summed E-state index contributed by atoms with van der Waals surface area (Å²) in [7, 11) is 0. The third kappa shape index (κ3) is 3.00. The fourth-order valence-electron chi connectivity index (χ4n) is 4.52. The molecule has 2 heteroatoms. The first-order valence-corrected chi connectivity index (χ1v) is 8.54. The van der Waals surface area contributed by atoms with Crippen LogP contribution in [0.3, 0.4) is 0 Å². The minimum atomic E-state index is 0.313. The summed E-state index contributed by atoms with van der Waals surface area (Å²) in [5.74, 6) is 0.954. The first kappa shape index (κ1) is 13.9. The Hall–Kier alpha value is -0.0800. The maximum atomic E-state index is 6.54. The average Bonchev–Trinajstić information content (AvgIpc) is 3.07. The van der Waals surface area contributed by atoms with Gasteiger partial charge in [0.1, 0.15) is 0 Å². The molecule has 2 saturated carbocycles. The second-order valence-electron chi connectivity index (χ2n) is 7.58. The molecule has 2 nitrogen and oxygen atoms in total. The summed E-state index contributed by atoms with van der Waals surface area (Å²) in [4.78, 5) is 0. The molecule has 0 aromatic heterocycles. The third-order valence-electron chi connectivity index (χ3n) is 5.89. The van der Waals surface area contributed by atoms with Crippen LogP contribution in [0.2, 0.25) is 0 Å². The van der Waals surface area contributed by atoms with Gasteiger partial charge in [0.05, 0.1) is 11.7 Å². The Kier molecular flexibility index (Phi) is 3.92. The van der Waals surface area contributed by atoms with Crippen LogP contribution in [0.4, 0.5) is 0 Å². The van der Waals surface area contributed by atoms with Gasteiger partial charge in [0.25, 0.3) is 0 Å². The van der Waals surface area contributed by atoms with E-state index in [2.05, 4.69) is 19.2 Å². The van der Waals surface area contributed by atoms with Crippen molar-refractivity contribution in [2.45, 2.75) is 83.3 Å². The van der Waals surface area contributed by atoms with Gasteiger partial charge in [0.2, 0.25) is 0 Å². The fraction of sp³-hybridized carbons (Fsp3) is 1.00. The van der Waals surface area contributed by atoms with Crippen LogP contribution in [-0.2, 0) is 4.74 Å². The standard InChI is InChI=1S/C17H31NO/c1-3-18-13-16(2,14-6-7-14)12-15-8-11-17(19-15)9-4-5-10-17/h14-15,18H,3-13H2,1-2H3. The van der Waals surface area contributed by atoms with Gasteiger partial charge in [0.15, 0.2) is 0 Å². The molecule has 19 heavy (non-hydrogen) atoms. The van der Waals surface area contributed by atoms with Crippen molar-refractivity contribution in [1.82, 2.24) is 5.32 Å². The molecule has 3 rings (SSSR count). The minimum Gasteiger partial charge on any atom is -0.372 e. The molecule has 110 valence electrons. The van der Waals surface area contributed by atoms with E-state index in [0.29, 0.717) is 17.1 Å². The Labute approximate surface area is 118 Å². The molecule has 2 aliphatic carbocycles. The molecule has 0 aromatic rings. The molecule has 0 amide bonds. The molecular formula is C17H31NO. The molecule has 0 aromatic carbocycles. The summed E-state index contributed by atoms with van der Waals surface area (Å²) >= 11 is 0. The second-order valence-corrected chi connectivity index (χ2v) is 7.58. The van der Waals surface area contributed by atoms with E-state index in [4.69, 9.17) is 4.74 Å². The van der Waals surface area contributed by atoms with Crippen molar-refractivity contribution in [2.75, 3.05) is 13.1 Å². The van der Waals surface area contributed by atoms with E-state index in [1.807, 2.05) is 0 Å². The Morgan fingerprint density at radius 1 is 1.16 bits per heavy atom. The monoisotopic (exact) mass is 265 g/mol. The zero-order chi connectivity index (χ0) is 13.3. The number of ether oxygens (including phenoxy) is 1. The largest absolute Gasteiger partial charge is 0.372 e. The molecule has 3 fully saturated rings. The van der Waals surface area contributed by atoms with Crippen molar-refractivity contribution in [2.24, 2.45) is 11.3 Å². The van der Waals surface area contributed by atoms with E-state index < -0.39 is 0 Å². The highest BCUT2D eigenvalue weighted by Crippen LogP contribution is 2.51. The van der Waals surface area contributed by atoms with Gasteiger partial charge in [-0.25, -0.2) is 0 Å². The third-order valence-corrected chi connectivity index (χ3v) is 5.89. The van der Waals surface area contributed by atoms with Crippen molar-refractivity contribution in [3.63, 3.8) is 0 Å². The van der Waals surface area contributed by atoms with E-state index in [-0.39, 0.29) is 0 Å². The summed E-state index contributed by atoms with van der Waals surface area (Å²) in [6, 6.07) is 0. The molecule has 0 bridgehead atoms. The van der Waals surface area contributed by atoms with Crippen LogP contribution in [-0.4, -0.2) is 24.8 Å². The van der Waals surface area contributed by atoms with Gasteiger partial charge in [0, 0.05) is 6.54 Å². The SMILES string of the molecule is CCNCC(C)(CC1CCC2(CCCC2)O1)C1CC1. The predicted octanol–water partition coefficient (Wildman–Crippen LogP) is 3.89. The van der Waals surface area contributed by atoms with Crippen LogP contribution < -0.4 is 5.32 Å². The van der Waals surface area contributed by atoms with E-state index in [1.54, 1.807) is 0 Å². The van der Waals surface area contributed by atoms with Crippen LogP contribution in [0.1, 0.15) is 71.6 Å². The van der Waals surface area contributed by atoms with Crippen LogP contribution in [0.25, 0.3) is 0 Å². The molecule has 0 radical (unpaired) electrons. The van der Waals surface area contributed by atoms with Gasteiger partial charge in [-0.1, -0.05) is 26.7 Å². The Morgan fingerprint density at radius 2 is 1.89 bits per heavy atom. The smallest absolute Gasteiger partial charge is 0.0687 e. The van der Waals surface area contributed by atoms with Crippen molar-refractivity contribution in [3.05, 3.63) is 0 Å². The maximum absolute atomic E-state index is 6.54. The van der Waals surface area contributed by atoms with E-state index in [0.717, 1.165) is 12.5 Å². The lowest BCUT2D eigenvalue weighted by Crippen LogP contribution is -2.37. The van der Waals surface area contributed by atoms with Gasteiger partial charge < -0.3 is 10.1 Å². The molecule has 1 spiro atoms. The van der Waals surface area contributed by atoms with Gasteiger partial charge in [-0.3, -0.25) is 0 Å². The van der Waals surface area contributed by atoms with E-state index in [1.165, 1.54) is 64.3 Å².